The molecule has 0 saturated carbocycles. The Labute approximate surface area is 185 Å². The number of carbonyl (C=O) groups is 2. The first-order chi connectivity index (χ1) is 14.5. The number of aliphatic carboxylic acids is 1. The van der Waals surface area contributed by atoms with Gasteiger partial charge in [0.25, 0.3) is 0 Å². The number of ketones is 1. The lowest BCUT2D eigenvalue weighted by molar-refractivity contribution is -0.137. The fourth-order valence-electron chi connectivity index (χ4n) is 3.20. The van der Waals surface area contributed by atoms with E-state index in [1.807, 2.05) is 30.3 Å². The maximum Gasteiger partial charge on any atom is 0.303 e. The first-order valence-electron chi connectivity index (χ1n) is 9.42. The Morgan fingerprint density at radius 2 is 1.57 bits per heavy atom. The first kappa shape index (κ1) is 21.9. The van der Waals surface area contributed by atoms with E-state index >= 15 is 0 Å². The molecule has 1 N–H and O–H groups in total. The highest BCUT2D eigenvalue weighted by atomic mass is 35.5. The molecule has 154 valence electrons. The van der Waals surface area contributed by atoms with Crippen LogP contribution in [0.2, 0.25) is 10.0 Å². The van der Waals surface area contributed by atoms with E-state index in [0.29, 0.717) is 33.5 Å². The number of carboxylic acid groups (broad SMARTS) is 1. The van der Waals surface area contributed by atoms with Gasteiger partial charge in [-0.3, -0.25) is 9.59 Å². The van der Waals surface area contributed by atoms with Crippen LogP contribution in [0.1, 0.15) is 40.2 Å². The van der Waals surface area contributed by atoms with Crippen LogP contribution in [0.3, 0.4) is 0 Å². The predicted octanol–water partition coefficient (Wildman–Crippen LogP) is 6.40. The number of rotatable bonds is 9. The number of hydrogen-bond acceptors (Lipinski definition) is 3. The van der Waals surface area contributed by atoms with Gasteiger partial charge in [0.2, 0.25) is 0 Å². The molecule has 0 amide bonds. The number of carbonyl (C=O) groups excluding carboxylic acids is 1. The van der Waals surface area contributed by atoms with E-state index in [0.717, 1.165) is 5.56 Å². The van der Waals surface area contributed by atoms with E-state index in [4.69, 9.17) is 33.0 Å². The van der Waals surface area contributed by atoms with Gasteiger partial charge < -0.3 is 9.84 Å². The summed E-state index contributed by atoms with van der Waals surface area (Å²) in [6, 6.07) is 21.5. The molecule has 1 atom stereocenters. The van der Waals surface area contributed by atoms with Crippen LogP contribution in [-0.2, 0) is 11.4 Å². The Balaban J connectivity index is 1.86. The van der Waals surface area contributed by atoms with E-state index in [1.54, 1.807) is 42.5 Å². The van der Waals surface area contributed by atoms with Gasteiger partial charge in [-0.15, -0.1) is 0 Å². The number of hydrogen-bond donors (Lipinski definition) is 1. The molecule has 3 rings (SSSR count). The summed E-state index contributed by atoms with van der Waals surface area (Å²) in [6.45, 7) is 0.372. The standard InChI is InChI=1S/C24H20Cl2O4/c25-20-10-5-11-21(26)23(20)19(12-13-22(27)28)24(29)17-8-4-9-18(14-17)30-15-16-6-2-1-3-7-16/h1-11,14,19H,12-13,15H2,(H,27,28)/t19-/m0/s1. The highest BCUT2D eigenvalue weighted by molar-refractivity contribution is 6.36. The second-order valence-electron chi connectivity index (χ2n) is 6.79. The molecule has 3 aromatic rings. The third kappa shape index (κ3) is 5.62. The van der Waals surface area contributed by atoms with Gasteiger partial charge in [0.05, 0.1) is 5.92 Å². The van der Waals surface area contributed by atoms with Crippen LogP contribution < -0.4 is 4.74 Å². The highest BCUT2D eigenvalue weighted by Crippen LogP contribution is 2.36. The molecular weight excluding hydrogens is 423 g/mol. The van der Waals surface area contributed by atoms with Crippen molar-refractivity contribution in [2.24, 2.45) is 0 Å². The summed E-state index contributed by atoms with van der Waals surface area (Å²) in [5.74, 6) is -1.47. The number of benzene rings is 3. The third-order valence-corrected chi connectivity index (χ3v) is 5.34. The second kappa shape index (κ2) is 10.3. The van der Waals surface area contributed by atoms with Crippen molar-refractivity contribution in [1.82, 2.24) is 0 Å². The van der Waals surface area contributed by atoms with Crippen molar-refractivity contribution in [2.75, 3.05) is 0 Å². The normalized spacial score (nSPS) is 11.7. The Hall–Kier alpha value is -2.82. The summed E-state index contributed by atoms with van der Waals surface area (Å²) in [6.07, 6.45) is -0.0884. The molecule has 4 nitrogen and oxygen atoms in total. The summed E-state index contributed by atoms with van der Waals surface area (Å²) in [5, 5.41) is 9.80. The van der Waals surface area contributed by atoms with Gasteiger partial charge in [-0.05, 0) is 36.2 Å². The summed E-state index contributed by atoms with van der Waals surface area (Å²) in [7, 11) is 0. The fraction of sp³-hybridized carbons (Fsp3) is 0.167. The number of carboxylic acids is 1. The SMILES string of the molecule is O=C(O)CC[C@H](C(=O)c1cccc(OCc2ccccc2)c1)c1c(Cl)cccc1Cl. The van der Waals surface area contributed by atoms with Gasteiger partial charge in [0.1, 0.15) is 12.4 Å². The molecule has 6 heteroatoms. The molecule has 30 heavy (non-hydrogen) atoms. The summed E-state index contributed by atoms with van der Waals surface area (Å²) >= 11 is 12.6. The predicted molar refractivity (Wildman–Crippen MR) is 118 cm³/mol. The van der Waals surface area contributed by atoms with Crippen LogP contribution in [0.15, 0.2) is 72.8 Å². The first-order valence-corrected chi connectivity index (χ1v) is 10.2. The van der Waals surface area contributed by atoms with Crippen molar-refractivity contribution >= 4 is 35.0 Å². The zero-order chi connectivity index (χ0) is 21.5. The van der Waals surface area contributed by atoms with Crippen LogP contribution >= 0.6 is 23.2 Å². The molecule has 0 aliphatic heterocycles. The van der Waals surface area contributed by atoms with Crippen molar-refractivity contribution in [3.05, 3.63) is 99.5 Å². The Kier molecular flexibility index (Phi) is 7.50. The van der Waals surface area contributed by atoms with Crippen LogP contribution in [-0.4, -0.2) is 16.9 Å². The lowest BCUT2D eigenvalue weighted by Gasteiger charge is -2.19. The summed E-state index contributed by atoms with van der Waals surface area (Å²) in [5.41, 5.74) is 1.87. The number of halogens is 2. The Morgan fingerprint density at radius 3 is 2.23 bits per heavy atom. The molecule has 0 unspecified atom stereocenters. The van der Waals surface area contributed by atoms with Crippen LogP contribution in [0.4, 0.5) is 0 Å². The maximum atomic E-state index is 13.3. The molecule has 0 aliphatic rings. The van der Waals surface area contributed by atoms with E-state index in [2.05, 4.69) is 0 Å². The zero-order valence-corrected chi connectivity index (χ0v) is 17.6. The van der Waals surface area contributed by atoms with Crippen molar-refractivity contribution in [3.8, 4) is 5.75 Å². The van der Waals surface area contributed by atoms with Gasteiger partial charge >= 0.3 is 5.97 Å². The summed E-state index contributed by atoms with van der Waals surface area (Å²) < 4.78 is 5.82. The molecule has 0 bridgehead atoms. The van der Waals surface area contributed by atoms with E-state index < -0.39 is 11.9 Å². The smallest absolute Gasteiger partial charge is 0.303 e. The molecule has 0 heterocycles. The van der Waals surface area contributed by atoms with Gasteiger partial charge in [-0.1, -0.05) is 71.7 Å². The summed E-state index contributed by atoms with van der Waals surface area (Å²) in [4.78, 5) is 24.5. The van der Waals surface area contributed by atoms with Crippen molar-refractivity contribution in [2.45, 2.75) is 25.4 Å². The lowest BCUT2D eigenvalue weighted by Crippen LogP contribution is -2.16. The van der Waals surface area contributed by atoms with Crippen LogP contribution in [0.5, 0.6) is 5.75 Å². The topological polar surface area (TPSA) is 63.6 Å². The number of ether oxygens (including phenoxy) is 1. The zero-order valence-electron chi connectivity index (χ0n) is 16.1. The monoisotopic (exact) mass is 442 g/mol. The second-order valence-corrected chi connectivity index (χ2v) is 7.60. The molecule has 0 fully saturated rings. The third-order valence-electron chi connectivity index (χ3n) is 4.68. The van der Waals surface area contributed by atoms with Crippen LogP contribution in [0.25, 0.3) is 0 Å². The average molecular weight is 443 g/mol. The number of Topliss-reactive ketones (excluding diaryl/α,β-unsaturated/α-hetero) is 1. The minimum absolute atomic E-state index is 0.0900. The molecule has 0 saturated heterocycles. The van der Waals surface area contributed by atoms with Crippen molar-refractivity contribution in [1.29, 1.82) is 0 Å². The Bertz CT molecular complexity index is 1010. The van der Waals surface area contributed by atoms with Gasteiger partial charge in [-0.2, -0.15) is 0 Å². The van der Waals surface area contributed by atoms with E-state index in [1.165, 1.54) is 0 Å². The average Bonchev–Trinajstić information content (AvgIpc) is 2.74. The van der Waals surface area contributed by atoms with Gasteiger partial charge in [0, 0.05) is 27.6 Å². The van der Waals surface area contributed by atoms with Gasteiger partial charge in [-0.25, -0.2) is 0 Å². The quantitative estimate of drug-likeness (QED) is 0.389. The molecule has 0 aromatic heterocycles. The minimum atomic E-state index is -0.990. The minimum Gasteiger partial charge on any atom is -0.489 e. The Morgan fingerprint density at radius 1 is 0.900 bits per heavy atom. The lowest BCUT2D eigenvalue weighted by atomic mass is 9.86. The highest BCUT2D eigenvalue weighted by Gasteiger charge is 2.27. The van der Waals surface area contributed by atoms with Crippen molar-refractivity contribution in [3.63, 3.8) is 0 Å². The fourth-order valence-corrected chi connectivity index (χ4v) is 3.86. The van der Waals surface area contributed by atoms with E-state index in [-0.39, 0.29) is 18.6 Å². The molecule has 0 spiro atoms. The molecule has 0 radical (unpaired) electrons. The van der Waals surface area contributed by atoms with Crippen molar-refractivity contribution < 1.29 is 19.4 Å². The molecular formula is C24H20Cl2O4. The largest absolute Gasteiger partial charge is 0.489 e. The van der Waals surface area contributed by atoms with E-state index in [9.17, 15) is 9.59 Å². The van der Waals surface area contributed by atoms with Gasteiger partial charge in [0.15, 0.2) is 5.78 Å². The maximum absolute atomic E-state index is 13.3. The molecule has 0 aliphatic carbocycles. The van der Waals surface area contributed by atoms with Crippen LogP contribution in [0, 0.1) is 0 Å². The molecule has 3 aromatic carbocycles.